The summed E-state index contributed by atoms with van der Waals surface area (Å²) in [4.78, 5) is 0. The zero-order valence-corrected chi connectivity index (χ0v) is 12.0. The average Bonchev–Trinajstić information content (AvgIpc) is 2.47. The molecule has 1 nitrogen and oxygen atoms in total. The van der Waals surface area contributed by atoms with Gasteiger partial charge in [0.05, 0.1) is 7.85 Å². The highest BCUT2D eigenvalue weighted by atomic mass is 16.4. The van der Waals surface area contributed by atoms with Gasteiger partial charge in [-0.1, -0.05) is 53.7 Å². The molecule has 1 unspecified atom stereocenters. The zero-order valence-electron chi connectivity index (χ0n) is 12.0. The lowest BCUT2D eigenvalue weighted by Gasteiger charge is -2.14. The second-order valence-corrected chi connectivity index (χ2v) is 5.02. The Balaban J connectivity index is 1.87. The van der Waals surface area contributed by atoms with Crippen LogP contribution in [-0.4, -0.2) is 21.9 Å². The minimum atomic E-state index is 0.147. The van der Waals surface area contributed by atoms with E-state index in [9.17, 15) is 0 Å². The normalized spacial score (nSPS) is 11.7. The molecule has 0 bridgehead atoms. The van der Waals surface area contributed by atoms with Gasteiger partial charge >= 0.3 is 7.48 Å². The van der Waals surface area contributed by atoms with E-state index in [4.69, 9.17) is 12.5 Å². The van der Waals surface area contributed by atoms with Crippen LogP contribution in [-0.2, 0) is 4.65 Å². The molecule has 20 heavy (non-hydrogen) atoms. The van der Waals surface area contributed by atoms with Crippen LogP contribution < -0.4 is 5.46 Å². The van der Waals surface area contributed by atoms with Crippen molar-refractivity contribution in [3.63, 3.8) is 0 Å². The van der Waals surface area contributed by atoms with Gasteiger partial charge in [0.1, 0.15) is 0 Å². The van der Waals surface area contributed by atoms with Crippen molar-refractivity contribution in [2.24, 2.45) is 0 Å². The fraction of sp³-hybridized carbons (Fsp3) is 0.294. The maximum absolute atomic E-state index is 5.81. The summed E-state index contributed by atoms with van der Waals surface area (Å²) < 4.78 is 5.66. The fourth-order valence-corrected chi connectivity index (χ4v) is 1.90. The van der Waals surface area contributed by atoms with E-state index in [1.54, 1.807) is 7.48 Å². The van der Waals surface area contributed by atoms with Gasteiger partial charge in [0.15, 0.2) is 0 Å². The molecule has 0 N–H and O–H groups in total. The number of aryl methyl sites for hydroxylation is 2. The van der Waals surface area contributed by atoms with Gasteiger partial charge in [-0.3, -0.25) is 0 Å². The molecule has 0 fully saturated rings. The monoisotopic (exact) mass is 259 g/mol. The van der Waals surface area contributed by atoms with Crippen molar-refractivity contribution >= 4 is 20.8 Å². The van der Waals surface area contributed by atoms with Gasteiger partial charge in [0.2, 0.25) is 0 Å². The van der Waals surface area contributed by atoms with Crippen molar-refractivity contribution in [3.05, 3.63) is 65.2 Å². The first-order valence-corrected chi connectivity index (χ1v) is 6.81. The molecule has 1 atom stereocenters. The first-order valence-electron chi connectivity index (χ1n) is 6.81. The van der Waals surface area contributed by atoms with E-state index in [0.29, 0.717) is 12.9 Å². The molecule has 2 rings (SSSR count). The van der Waals surface area contributed by atoms with Crippen molar-refractivity contribution in [1.29, 1.82) is 0 Å². The van der Waals surface area contributed by atoms with E-state index in [1.165, 1.54) is 5.56 Å². The van der Waals surface area contributed by atoms with Crippen LogP contribution >= 0.6 is 0 Å². The van der Waals surface area contributed by atoms with Crippen molar-refractivity contribution in [1.82, 2.24) is 0 Å². The zero-order chi connectivity index (χ0) is 14.4. The molecule has 3 radical (unpaired) electrons. The number of hydrogen-bond donors (Lipinski definition) is 0. The third-order valence-corrected chi connectivity index (χ3v) is 3.24. The highest BCUT2D eigenvalue weighted by Gasteiger charge is 2.09. The summed E-state index contributed by atoms with van der Waals surface area (Å²) in [5.74, 6) is 0.147. The molecule has 2 aromatic rings. The molecular weight excluding hydrogens is 242 g/mol. The average molecular weight is 259 g/mol. The summed E-state index contributed by atoms with van der Waals surface area (Å²) in [6, 6.07) is 18.5. The largest absolute Gasteiger partial charge is 0.434 e. The summed E-state index contributed by atoms with van der Waals surface area (Å²) in [6.07, 6.45) is 0.537. The van der Waals surface area contributed by atoms with Gasteiger partial charge in [-0.25, -0.2) is 0 Å². The van der Waals surface area contributed by atoms with Crippen molar-refractivity contribution in [3.8, 4) is 0 Å². The Kier molecular flexibility index (Phi) is 5.32. The lowest BCUT2D eigenvalue weighted by molar-refractivity contribution is 0.317. The van der Waals surface area contributed by atoms with Crippen LogP contribution in [0.1, 0.15) is 22.6 Å². The van der Waals surface area contributed by atoms with Gasteiger partial charge in [-0.15, -0.1) is 0 Å². The van der Waals surface area contributed by atoms with Crippen LogP contribution in [0.15, 0.2) is 36.4 Å². The van der Waals surface area contributed by atoms with Gasteiger partial charge < -0.3 is 4.65 Å². The van der Waals surface area contributed by atoms with Gasteiger partial charge in [-0.2, -0.15) is 0 Å². The third kappa shape index (κ3) is 4.18. The summed E-state index contributed by atoms with van der Waals surface area (Å²) in [5.41, 5.74) is 4.43. The number of hydrogen-bond acceptors (Lipinski definition) is 1. The summed E-state index contributed by atoms with van der Waals surface area (Å²) in [5, 5.41) is 0. The van der Waals surface area contributed by atoms with Crippen LogP contribution in [0.25, 0.3) is 0 Å². The molecule has 0 spiro atoms. The predicted molar refractivity (Wildman–Crippen MR) is 84.7 cm³/mol. The maximum Gasteiger partial charge on any atom is 0.330 e. The molecule has 97 valence electrons. The Morgan fingerprint density at radius 1 is 1.10 bits per heavy atom. The molecule has 0 amide bonds. The van der Waals surface area contributed by atoms with Crippen molar-refractivity contribution in [2.45, 2.75) is 26.1 Å². The Morgan fingerprint density at radius 2 is 1.85 bits per heavy atom. The molecule has 2 aromatic carbocycles. The summed E-state index contributed by atoms with van der Waals surface area (Å²) in [7, 11) is 7.59. The summed E-state index contributed by atoms with van der Waals surface area (Å²) in [6.45, 7) is 4.62. The second kappa shape index (κ2) is 7.22. The van der Waals surface area contributed by atoms with E-state index < -0.39 is 0 Å². The first kappa shape index (κ1) is 14.8. The van der Waals surface area contributed by atoms with Crippen LogP contribution in [0.3, 0.4) is 0 Å². The Labute approximate surface area is 124 Å². The summed E-state index contributed by atoms with van der Waals surface area (Å²) >= 11 is 0. The van der Waals surface area contributed by atoms with Crippen LogP contribution in [0.2, 0.25) is 6.32 Å². The van der Waals surface area contributed by atoms with Crippen LogP contribution in [0.4, 0.5) is 0 Å². The van der Waals surface area contributed by atoms with Crippen LogP contribution in [0.5, 0.6) is 0 Å². The van der Waals surface area contributed by atoms with E-state index in [0.717, 1.165) is 16.6 Å². The molecule has 0 saturated carbocycles. The lowest BCUT2D eigenvalue weighted by Crippen LogP contribution is -2.20. The second-order valence-electron chi connectivity index (χ2n) is 5.02. The Hall–Kier alpha value is -1.65. The maximum atomic E-state index is 5.81. The van der Waals surface area contributed by atoms with Gasteiger partial charge in [0.25, 0.3) is 0 Å². The molecule has 0 aliphatic rings. The van der Waals surface area contributed by atoms with E-state index in [2.05, 4.69) is 31.2 Å². The Bertz CT molecular complexity index is 520. The number of benzene rings is 1. The van der Waals surface area contributed by atoms with Gasteiger partial charge in [0, 0.05) is 18.1 Å². The fourth-order valence-electron chi connectivity index (χ4n) is 1.90. The first-order chi connectivity index (χ1) is 9.69. The van der Waals surface area contributed by atoms with E-state index in [-0.39, 0.29) is 5.92 Å². The quantitative estimate of drug-likeness (QED) is 0.724. The standard InChI is InChI=1S/C17H17B2O/c1-13-3-7-15(8-4-13)16(11-18)12-20-19-17-9-5-14(2)6-10-17/h3,5-7,9-10,16H,11-12H2,1-2H3. The molecule has 0 aromatic heterocycles. The molecule has 0 heterocycles. The molecule has 0 aliphatic heterocycles. The lowest BCUT2D eigenvalue weighted by atomic mass is 9.84. The van der Waals surface area contributed by atoms with Gasteiger partial charge in [-0.05, 0) is 31.5 Å². The smallest absolute Gasteiger partial charge is 0.330 e. The molecule has 0 saturated heterocycles. The van der Waals surface area contributed by atoms with Crippen molar-refractivity contribution < 1.29 is 4.65 Å². The highest BCUT2D eigenvalue weighted by molar-refractivity contribution is 6.46. The van der Waals surface area contributed by atoms with Crippen LogP contribution in [0, 0.1) is 26.0 Å². The molecular formula is C17H17B2O. The molecule has 0 aliphatic carbocycles. The van der Waals surface area contributed by atoms with E-state index >= 15 is 0 Å². The van der Waals surface area contributed by atoms with Crippen molar-refractivity contribution in [2.75, 3.05) is 6.61 Å². The minimum absolute atomic E-state index is 0.147. The van der Waals surface area contributed by atoms with E-state index in [1.807, 2.05) is 31.2 Å². The number of rotatable bonds is 6. The molecule has 3 heteroatoms. The Morgan fingerprint density at radius 3 is 2.45 bits per heavy atom. The predicted octanol–water partition coefficient (Wildman–Crippen LogP) is 2.54. The third-order valence-electron chi connectivity index (χ3n) is 3.24. The topological polar surface area (TPSA) is 9.23 Å². The highest BCUT2D eigenvalue weighted by Crippen LogP contribution is 2.17. The SMILES string of the molecule is [B]CC(CO[B]c1ccc(C)cc1)c1c#cc(C)cc1. The minimum Gasteiger partial charge on any atom is -0.434 e.